The van der Waals surface area contributed by atoms with Crippen molar-refractivity contribution in [1.82, 2.24) is 4.90 Å². The highest BCUT2D eigenvalue weighted by Crippen LogP contribution is 2.37. The monoisotopic (exact) mass is 403 g/mol. The first-order valence-corrected chi connectivity index (χ1v) is 13.1. The average molecular weight is 404 g/mol. The van der Waals surface area contributed by atoms with Crippen LogP contribution in [0.5, 0.6) is 0 Å². The molecule has 5 heteroatoms. The number of carbonyl (C=O) groups is 1. The van der Waals surface area contributed by atoms with Crippen LogP contribution in [0.3, 0.4) is 0 Å². The van der Waals surface area contributed by atoms with Crippen LogP contribution in [-0.4, -0.2) is 44.1 Å². The van der Waals surface area contributed by atoms with Crippen molar-refractivity contribution in [2.45, 2.75) is 77.7 Å². The van der Waals surface area contributed by atoms with Crippen molar-refractivity contribution < 1.29 is 14.0 Å². The number of hydrogen-bond donors (Lipinski definition) is 0. The molecular weight excluding hydrogens is 366 g/mol. The zero-order valence-corrected chi connectivity index (χ0v) is 19.8. The smallest absolute Gasteiger partial charge is 0.410 e. The van der Waals surface area contributed by atoms with E-state index in [9.17, 15) is 4.79 Å². The van der Waals surface area contributed by atoms with Crippen molar-refractivity contribution in [1.29, 1.82) is 0 Å². The van der Waals surface area contributed by atoms with E-state index >= 15 is 0 Å². The molecule has 4 nitrogen and oxygen atoms in total. The normalized spacial score (nSPS) is 19.9. The summed E-state index contributed by atoms with van der Waals surface area (Å²) in [5, 5.41) is 0.144. The molecule has 1 amide bonds. The molecule has 0 radical (unpaired) electrons. The molecule has 1 aliphatic rings. The Kier molecular flexibility index (Phi) is 6.82. The van der Waals surface area contributed by atoms with Crippen molar-refractivity contribution in [2.75, 3.05) is 13.2 Å². The van der Waals surface area contributed by atoms with E-state index in [1.807, 2.05) is 43.9 Å². The van der Waals surface area contributed by atoms with Gasteiger partial charge in [-0.3, -0.25) is 4.90 Å². The van der Waals surface area contributed by atoms with Gasteiger partial charge in [-0.25, -0.2) is 4.79 Å². The van der Waals surface area contributed by atoms with Crippen LogP contribution in [0.15, 0.2) is 35.9 Å². The number of nitrogens with zero attached hydrogens (tertiary/aromatic N) is 1. The van der Waals surface area contributed by atoms with E-state index in [1.54, 1.807) is 0 Å². The third kappa shape index (κ3) is 6.21. The third-order valence-corrected chi connectivity index (χ3v) is 10.1. The van der Waals surface area contributed by atoms with Gasteiger partial charge in [-0.2, -0.15) is 0 Å². The summed E-state index contributed by atoms with van der Waals surface area (Å²) in [6.45, 7) is 18.1. The van der Waals surface area contributed by atoms with Gasteiger partial charge >= 0.3 is 6.09 Å². The van der Waals surface area contributed by atoms with Crippen molar-refractivity contribution in [3.63, 3.8) is 0 Å². The molecule has 1 saturated heterocycles. The Morgan fingerprint density at radius 1 is 1.14 bits per heavy atom. The second kappa shape index (κ2) is 8.42. The molecule has 1 fully saturated rings. The maximum atomic E-state index is 12.8. The molecule has 2 rings (SSSR count). The van der Waals surface area contributed by atoms with Crippen LogP contribution < -0.4 is 0 Å². The average Bonchev–Trinajstić information content (AvgIpc) is 2.94. The summed E-state index contributed by atoms with van der Waals surface area (Å²) >= 11 is 0. The van der Waals surface area contributed by atoms with E-state index in [4.69, 9.17) is 9.16 Å². The molecule has 28 heavy (non-hydrogen) atoms. The van der Waals surface area contributed by atoms with Crippen LogP contribution in [-0.2, 0) is 9.16 Å². The molecule has 1 aliphatic heterocycles. The van der Waals surface area contributed by atoms with Crippen molar-refractivity contribution in [3.05, 3.63) is 41.5 Å². The van der Waals surface area contributed by atoms with Crippen LogP contribution in [0.25, 0.3) is 6.08 Å². The summed E-state index contributed by atoms with van der Waals surface area (Å²) in [4.78, 5) is 14.7. The zero-order valence-electron chi connectivity index (χ0n) is 18.8. The molecule has 1 heterocycles. The Bertz CT molecular complexity index is 699. The van der Waals surface area contributed by atoms with Gasteiger partial charge in [-0.15, -0.1) is 0 Å². The molecule has 0 bridgehead atoms. The lowest BCUT2D eigenvalue weighted by Crippen LogP contribution is -2.46. The second-order valence-corrected chi connectivity index (χ2v) is 15.1. The fourth-order valence-corrected chi connectivity index (χ4v) is 3.96. The Morgan fingerprint density at radius 2 is 1.75 bits per heavy atom. The highest BCUT2D eigenvalue weighted by atomic mass is 28.4. The molecule has 1 aromatic carbocycles. The molecule has 0 N–H and O–H groups in total. The predicted molar refractivity (Wildman–Crippen MR) is 119 cm³/mol. The van der Waals surface area contributed by atoms with Gasteiger partial charge < -0.3 is 9.16 Å². The topological polar surface area (TPSA) is 38.8 Å². The van der Waals surface area contributed by atoms with Crippen LogP contribution in [0.2, 0.25) is 18.1 Å². The van der Waals surface area contributed by atoms with Crippen LogP contribution in [0.1, 0.15) is 53.5 Å². The van der Waals surface area contributed by atoms with E-state index in [2.05, 4.69) is 52.1 Å². The Morgan fingerprint density at radius 3 is 2.29 bits per heavy atom. The Balaban J connectivity index is 2.18. The summed E-state index contributed by atoms with van der Waals surface area (Å²) in [7, 11) is -1.88. The minimum atomic E-state index is -1.88. The van der Waals surface area contributed by atoms with Gasteiger partial charge in [0.15, 0.2) is 8.32 Å². The number of ether oxygens (including phenoxy) is 1. The first kappa shape index (κ1) is 22.7. The van der Waals surface area contributed by atoms with Crippen molar-refractivity contribution in [2.24, 2.45) is 0 Å². The highest BCUT2D eigenvalue weighted by Gasteiger charge is 2.40. The molecule has 0 spiro atoms. The molecule has 0 unspecified atom stereocenters. The van der Waals surface area contributed by atoms with Gasteiger partial charge in [-0.05, 0) is 56.5 Å². The van der Waals surface area contributed by atoms with E-state index in [0.29, 0.717) is 13.2 Å². The summed E-state index contributed by atoms with van der Waals surface area (Å²) in [5.41, 5.74) is 1.89. The van der Waals surface area contributed by atoms with Gasteiger partial charge in [-0.1, -0.05) is 57.2 Å². The first-order valence-electron chi connectivity index (χ1n) is 10.2. The maximum Gasteiger partial charge on any atom is 0.410 e. The highest BCUT2D eigenvalue weighted by molar-refractivity contribution is 6.74. The first-order chi connectivity index (χ1) is 12.8. The summed E-state index contributed by atoms with van der Waals surface area (Å²) in [5.74, 6) is 0. The number of hydrogen-bond acceptors (Lipinski definition) is 3. The number of carbonyl (C=O) groups excluding carboxylic acids is 1. The minimum Gasteiger partial charge on any atom is -0.444 e. The van der Waals surface area contributed by atoms with Crippen molar-refractivity contribution >= 4 is 20.5 Å². The SMILES string of the molecule is CC(C)(C)OC(=O)N1C/C(=C/c2ccccc2)C[C@H]1CO[Si](C)(C)C(C)(C)C. The summed E-state index contributed by atoms with van der Waals surface area (Å²) < 4.78 is 12.1. The third-order valence-electron chi connectivity index (χ3n) is 5.55. The lowest BCUT2D eigenvalue weighted by atomic mass is 10.1. The fraction of sp³-hybridized carbons (Fsp3) is 0.609. The van der Waals surface area contributed by atoms with Crippen LogP contribution in [0, 0.1) is 0 Å². The molecule has 1 atom stereocenters. The minimum absolute atomic E-state index is 0.0129. The van der Waals surface area contributed by atoms with Gasteiger partial charge in [0.25, 0.3) is 0 Å². The molecule has 0 saturated carbocycles. The van der Waals surface area contributed by atoms with Gasteiger partial charge in [0.2, 0.25) is 0 Å². The Labute approximate surface area is 172 Å². The zero-order chi connectivity index (χ0) is 21.2. The standard InChI is InChI=1S/C23H37NO3Si/c1-22(2,3)27-21(25)24-16-19(14-18-12-10-9-11-13-18)15-20(24)17-26-28(7,8)23(4,5)6/h9-14,20H,15-17H2,1-8H3/b19-14+/t20-/m0/s1. The van der Waals surface area contributed by atoms with Gasteiger partial charge in [0.1, 0.15) is 5.60 Å². The van der Waals surface area contributed by atoms with E-state index in [-0.39, 0.29) is 17.2 Å². The number of amides is 1. The number of likely N-dealkylation sites (tertiary alicyclic amines) is 1. The molecule has 0 aromatic heterocycles. The Hall–Kier alpha value is -1.59. The number of benzene rings is 1. The van der Waals surface area contributed by atoms with Crippen LogP contribution in [0.4, 0.5) is 4.79 Å². The maximum absolute atomic E-state index is 12.8. The predicted octanol–water partition coefficient (Wildman–Crippen LogP) is 6.10. The second-order valence-electron chi connectivity index (χ2n) is 10.3. The summed E-state index contributed by atoms with van der Waals surface area (Å²) in [6.07, 6.45) is 2.75. The molecule has 1 aromatic rings. The molecule has 0 aliphatic carbocycles. The van der Waals surface area contributed by atoms with Crippen molar-refractivity contribution in [3.8, 4) is 0 Å². The fourth-order valence-electron chi connectivity index (χ4n) is 2.92. The lowest BCUT2D eigenvalue weighted by Gasteiger charge is -2.38. The number of rotatable bonds is 4. The van der Waals surface area contributed by atoms with E-state index in [1.165, 1.54) is 5.57 Å². The summed E-state index contributed by atoms with van der Waals surface area (Å²) in [6, 6.07) is 10.3. The largest absolute Gasteiger partial charge is 0.444 e. The quantitative estimate of drug-likeness (QED) is 0.570. The van der Waals surface area contributed by atoms with Crippen LogP contribution >= 0.6 is 0 Å². The van der Waals surface area contributed by atoms with Gasteiger partial charge in [0.05, 0.1) is 12.6 Å². The molecular formula is C23H37NO3Si. The van der Waals surface area contributed by atoms with Gasteiger partial charge in [0, 0.05) is 6.54 Å². The lowest BCUT2D eigenvalue weighted by molar-refractivity contribution is 0.0184. The van der Waals surface area contributed by atoms with E-state index < -0.39 is 13.9 Å². The van der Waals surface area contributed by atoms with E-state index in [0.717, 1.165) is 12.0 Å². The molecule has 156 valence electrons.